The molecule has 0 saturated carbocycles. The Balaban J connectivity index is 1.41. The maximum atomic E-state index is 12.5. The number of benzene rings is 3. The number of carbonyl (C=O) groups excluding carboxylic acids is 2. The second-order valence-electron chi connectivity index (χ2n) is 6.22. The molecule has 0 spiro atoms. The summed E-state index contributed by atoms with van der Waals surface area (Å²) in [6.45, 7) is 0.195. The van der Waals surface area contributed by atoms with E-state index in [9.17, 15) is 9.59 Å². The quantitative estimate of drug-likeness (QED) is 0.286. The van der Waals surface area contributed by atoms with E-state index in [0.717, 1.165) is 15.6 Å². The summed E-state index contributed by atoms with van der Waals surface area (Å²) in [6, 6.07) is 23.2. The number of hydrogen-bond donors (Lipinski definition) is 0. The molecule has 3 aromatic carbocycles. The van der Waals surface area contributed by atoms with Crippen molar-refractivity contribution in [3.63, 3.8) is 0 Å². The maximum Gasteiger partial charge on any atom is 0.355 e. The van der Waals surface area contributed by atoms with Gasteiger partial charge < -0.3 is 9.47 Å². The van der Waals surface area contributed by atoms with E-state index in [2.05, 4.69) is 0 Å². The van der Waals surface area contributed by atoms with Crippen molar-refractivity contribution < 1.29 is 19.1 Å². The highest BCUT2D eigenvalue weighted by atomic mass is 35.5. The van der Waals surface area contributed by atoms with Gasteiger partial charge in [-0.25, -0.2) is 9.59 Å². The number of fused-ring (bicyclic) bond motifs is 1. The molecule has 0 aliphatic heterocycles. The minimum absolute atomic E-state index is 0.195. The minimum atomic E-state index is -0.532. The second-order valence-corrected chi connectivity index (χ2v) is 7.65. The molecule has 29 heavy (non-hydrogen) atoms. The average Bonchev–Trinajstić information content (AvgIpc) is 3.10. The first-order chi connectivity index (χ1) is 14.1. The molecule has 1 heterocycles. The van der Waals surface area contributed by atoms with Crippen molar-refractivity contribution in [2.45, 2.75) is 6.61 Å². The van der Waals surface area contributed by atoms with Gasteiger partial charge in [-0.15, -0.1) is 11.3 Å². The third kappa shape index (κ3) is 4.31. The van der Waals surface area contributed by atoms with E-state index in [4.69, 9.17) is 21.1 Å². The maximum absolute atomic E-state index is 12.5. The summed E-state index contributed by atoms with van der Waals surface area (Å²) in [5.41, 5.74) is 1.28. The van der Waals surface area contributed by atoms with Crippen LogP contribution in [0.2, 0.25) is 5.02 Å². The lowest BCUT2D eigenvalue weighted by atomic mass is 10.2. The molecule has 1 aromatic heterocycles. The molecule has 0 saturated heterocycles. The zero-order valence-corrected chi connectivity index (χ0v) is 16.7. The van der Waals surface area contributed by atoms with Crippen LogP contribution in [-0.2, 0) is 11.3 Å². The van der Waals surface area contributed by atoms with Crippen molar-refractivity contribution in [1.82, 2.24) is 0 Å². The van der Waals surface area contributed by atoms with Gasteiger partial charge in [-0.2, -0.15) is 0 Å². The number of rotatable bonds is 5. The van der Waals surface area contributed by atoms with Crippen LogP contribution in [0, 0.1) is 0 Å². The van der Waals surface area contributed by atoms with E-state index in [1.165, 1.54) is 11.3 Å². The Labute approximate surface area is 176 Å². The monoisotopic (exact) mass is 422 g/mol. The van der Waals surface area contributed by atoms with Crippen molar-refractivity contribution in [2.24, 2.45) is 0 Å². The summed E-state index contributed by atoms with van der Waals surface area (Å²) < 4.78 is 11.6. The van der Waals surface area contributed by atoms with Crippen LogP contribution in [0.3, 0.4) is 0 Å². The molecular formula is C23H15ClO4S. The van der Waals surface area contributed by atoms with Crippen LogP contribution in [0.15, 0.2) is 78.9 Å². The summed E-state index contributed by atoms with van der Waals surface area (Å²) in [6.07, 6.45) is 0. The summed E-state index contributed by atoms with van der Waals surface area (Å²) in [7, 11) is 0. The molecule has 0 N–H and O–H groups in total. The highest BCUT2D eigenvalue weighted by Crippen LogP contribution is 2.35. The SMILES string of the molecule is O=C(OCc1ccccc1)c1ccc(OC(=O)c2sc3ccccc3c2Cl)cc1. The summed E-state index contributed by atoms with van der Waals surface area (Å²) >= 11 is 7.60. The molecule has 0 bridgehead atoms. The topological polar surface area (TPSA) is 52.6 Å². The largest absolute Gasteiger partial charge is 0.457 e. The highest BCUT2D eigenvalue weighted by molar-refractivity contribution is 7.21. The second kappa shape index (κ2) is 8.47. The normalized spacial score (nSPS) is 10.7. The Hall–Kier alpha value is -3.15. The molecule has 4 rings (SSSR count). The minimum Gasteiger partial charge on any atom is -0.457 e. The Kier molecular flexibility index (Phi) is 5.60. The van der Waals surface area contributed by atoms with E-state index in [0.29, 0.717) is 21.2 Å². The molecular weight excluding hydrogens is 408 g/mol. The lowest BCUT2D eigenvalue weighted by molar-refractivity contribution is 0.0472. The number of thiophene rings is 1. The fourth-order valence-corrected chi connectivity index (χ4v) is 4.15. The van der Waals surface area contributed by atoms with Gasteiger partial charge in [0, 0.05) is 10.1 Å². The molecule has 0 atom stereocenters. The van der Waals surface area contributed by atoms with E-state index < -0.39 is 11.9 Å². The zero-order valence-electron chi connectivity index (χ0n) is 15.1. The Morgan fingerprint density at radius 1 is 0.828 bits per heavy atom. The summed E-state index contributed by atoms with van der Waals surface area (Å²) in [4.78, 5) is 25.0. The molecule has 0 aliphatic rings. The van der Waals surface area contributed by atoms with E-state index >= 15 is 0 Å². The Morgan fingerprint density at radius 3 is 2.24 bits per heavy atom. The Bertz CT molecular complexity index is 1170. The third-order valence-corrected chi connectivity index (χ3v) is 5.89. The van der Waals surface area contributed by atoms with Crippen LogP contribution < -0.4 is 4.74 Å². The number of carbonyl (C=O) groups is 2. The molecule has 0 aliphatic carbocycles. The molecule has 144 valence electrons. The standard InChI is InChI=1S/C23H15ClO4S/c24-20-18-8-4-5-9-19(18)29-21(20)23(26)28-17-12-10-16(11-13-17)22(25)27-14-15-6-2-1-3-7-15/h1-13H,14H2. The van der Waals surface area contributed by atoms with Crippen LogP contribution >= 0.6 is 22.9 Å². The van der Waals surface area contributed by atoms with Crippen LogP contribution in [0.25, 0.3) is 10.1 Å². The van der Waals surface area contributed by atoms with Gasteiger partial charge in [0.25, 0.3) is 0 Å². The third-order valence-electron chi connectivity index (χ3n) is 4.23. The molecule has 6 heteroatoms. The van der Waals surface area contributed by atoms with Crippen molar-refractivity contribution in [1.29, 1.82) is 0 Å². The van der Waals surface area contributed by atoms with Gasteiger partial charge in [0.05, 0.1) is 10.6 Å². The van der Waals surface area contributed by atoms with Crippen LogP contribution in [-0.4, -0.2) is 11.9 Å². The van der Waals surface area contributed by atoms with Crippen LogP contribution in [0.5, 0.6) is 5.75 Å². The predicted molar refractivity (Wildman–Crippen MR) is 114 cm³/mol. The van der Waals surface area contributed by atoms with Gasteiger partial charge in [0.1, 0.15) is 17.2 Å². The fraction of sp³-hybridized carbons (Fsp3) is 0.0435. The summed E-state index contributed by atoms with van der Waals surface area (Å²) in [5, 5.41) is 1.21. The van der Waals surface area contributed by atoms with Gasteiger partial charge in [0.15, 0.2) is 0 Å². The van der Waals surface area contributed by atoms with E-state index in [1.807, 2.05) is 54.6 Å². The van der Waals surface area contributed by atoms with Gasteiger partial charge in [-0.05, 0) is 35.9 Å². The first-order valence-electron chi connectivity index (χ1n) is 8.82. The summed E-state index contributed by atoms with van der Waals surface area (Å²) in [5.74, 6) is -0.655. The Morgan fingerprint density at radius 2 is 1.52 bits per heavy atom. The predicted octanol–water partition coefficient (Wildman–Crippen LogP) is 6.13. The van der Waals surface area contributed by atoms with E-state index in [-0.39, 0.29) is 6.61 Å². The fourth-order valence-electron chi connectivity index (χ4n) is 2.76. The van der Waals surface area contributed by atoms with Gasteiger partial charge in [-0.3, -0.25) is 0 Å². The molecule has 0 amide bonds. The lowest BCUT2D eigenvalue weighted by Gasteiger charge is -2.06. The van der Waals surface area contributed by atoms with Crippen molar-refractivity contribution >= 4 is 45.0 Å². The average molecular weight is 423 g/mol. The number of esters is 2. The van der Waals surface area contributed by atoms with Gasteiger partial charge in [-0.1, -0.05) is 60.1 Å². The molecule has 0 fully saturated rings. The zero-order chi connectivity index (χ0) is 20.2. The van der Waals surface area contributed by atoms with Gasteiger partial charge >= 0.3 is 11.9 Å². The van der Waals surface area contributed by atoms with E-state index in [1.54, 1.807) is 24.3 Å². The molecule has 4 aromatic rings. The van der Waals surface area contributed by atoms with Crippen molar-refractivity contribution in [3.05, 3.63) is 99.9 Å². The lowest BCUT2D eigenvalue weighted by Crippen LogP contribution is -2.08. The number of ether oxygens (including phenoxy) is 2. The smallest absolute Gasteiger partial charge is 0.355 e. The highest BCUT2D eigenvalue weighted by Gasteiger charge is 2.19. The first-order valence-corrected chi connectivity index (χ1v) is 10.0. The van der Waals surface area contributed by atoms with Gasteiger partial charge in [0.2, 0.25) is 0 Å². The first kappa shape index (κ1) is 19.2. The number of hydrogen-bond acceptors (Lipinski definition) is 5. The molecule has 0 unspecified atom stereocenters. The van der Waals surface area contributed by atoms with Crippen molar-refractivity contribution in [3.8, 4) is 5.75 Å². The molecule has 0 radical (unpaired) electrons. The van der Waals surface area contributed by atoms with Crippen molar-refractivity contribution in [2.75, 3.05) is 0 Å². The van der Waals surface area contributed by atoms with Crippen LogP contribution in [0.4, 0.5) is 0 Å². The van der Waals surface area contributed by atoms with Crippen LogP contribution in [0.1, 0.15) is 25.6 Å². The molecule has 4 nitrogen and oxygen atoms in total. The number of halogens is 1.